The lowest BCUT2D eigenvalue weighted by atomic mass is 10.0. The molecule has 28 heavy (non-hydrogen) atoms. The second kappa shape index (κ2) is 7.27. The van der Waals surface area contributed by atoms with Crippen LogP contribution in [0.5, 0.6) is 0 Å². The first kappa shape index (κ1) is 19.9. The number of fused-ring (bicyclic) bond motifs is 1. The minimum absolute atomic E-state index is 0.0473. The van der Waals surface area contributed by atoms with Crippen LogP contribution >= 0.6 is 0 Å². The van der Waals surface area contributed by atoms with Crippen molar-refractivity contribution < 1.29 is 18.0 Å². The summed E-state index contributed by atoms with van der Waals surface area (Å²) in [4.78, 5) is 24.9. The Labute approximate surface area is 164 Å². The van der Waals surface area contributed by atoms with E-state index in [4.69, 9.17) is 0 Å². The molecule has 8 heteroatoms. The Morgan fingerprint density at radius 3 is 2.32 bits per heavy atom. The van der Waals surface area contributed by atoms with E-state index >= 15 is 0 Å². The Kier molecular flexibility index (Phi) is 5.16. The van der Waals surface area contributed by atoms with Gasteiger partial charge in [-0.15, -0.1) is 0 Å². The largest absolute Gasteiger partial charge is 0.326 e. The van der Waals surface area contributed by atoms with Gasteiger partial charge in [0.05, 0.1) is 4.90 Å². The third kappa shape index (κ3) is 3.87. The summed E-state index contributed by atoms with van der Waals surface area (Å²) in [7, 11) is -2.08. The number of carbonyl (C=O) groups excluding carboxylic acids is 2. The smallest absolute Gasteiger partial charge is 0.261 e. The summed E-state index contributed by atoms with van der Waals surface area (Å²) in [6, 6.07) is 8.23. The summed E-state index contributed by atoms with van der Waals surface area (Å²) in [6.07, 6.45) is 0.987. The van der Waals surface area contributed by atoms with Gasteiger partial charge in [-0.3, -0.25) is 14.3 Å². The van der Waals surface area contributed by atoms with Gasteiger partial charge in [0, 0.05) is 37.5 Å². The third-order valence-electron chi connectivity index (χ3n) is 4.79. The number of benzene rings is 2. The standard InChI is InChI=1S/C20H23N3O4S/c1-12-9-17(10-13(2)20(12)21-14(3)24)28(26,27)22-16-6-7-18-15(11-16)5-8-19(25)23(18)4/h6-7,9-11,22H,5,8H2,1-4H3,(H,21,24). The summed E-state index contributed by atoms with van der Waals surface area (Å²) in [6.45, 7) is 4.91. The molecular formula is C20H23N3O4S. The Morgan fingerprint density at radius 2 is 1.71 bits per heavy atom. The van der Waals surface area contributed by atoms with E-state index in [2.05, 4.69) is 10.0 Å². The number of sulfonamides is 1. The molecule has 0 unspecified atom stereocenters. The number of hydrogen-bond donors (Lipinski definition) is 2. The van der Waals surface area contributed by atoms with E-state index in [-0.39, 0.29) is 16.7 Å². The lowest BCUT2D eigenvalue weighted by Gasteiger charge is -2.26. The van der Waals surface area contributed by atoms with Crippen molar-refractivity contribution in [2.24, 2.45) is 0 Å². The minimum Gasteiger partial charge on any atom is -0.326 e. The van der Waals surface area contributed by atoms with Crippen LogP contribution in [0.3, 0.4) is 0 Å². The monoisotopic (exact) mass is 401 g/mol. The summed E-state index contributed by atoms with van der Waals surface area (Å²) < 4.78 is 28.3. The average molecular weight is 401 g/mol. The van der Waals surface area contributed by atoms with Crippen molar-refractivity contribution in [1.82, 2.24) is 0 Å². The maximum Gasteiger partial charge on any atom is 0.261 e. The van der Waals surface area contributed by atoms with Gasteiger partial charge >= 0.3 is 0 Å². The van der Waals surface area contributed by atoms with E-state index in [0.717, 1.165) is 11.3 Å². The molecule has 0 fully saturated rings. The van der Waals surface area contributed by atoms with Crippen molar-refractivity contribution in [3.63, 3.8) is 0 Å². The number of amides is 2. The molecule has 0 saturated carbocycles. The SMILES string of the molecule is CC(=O)Nc1c(C)cc(S(=O)(=O)Nc2ccc3c(c2)CCC(=O)N3C)cc1C. The molecule has 2 N–H and O–H groups in total. The number of anilines is 3. The maximum atomic E-state index is 12.9. The van der Waals surface area contributed by atoms with Crippen LogP contribution in [-0.4, -0.2) is 27.3 Å². The first-order valence-corrected chi connectivity index (χ1v) is 10.4. The Balaban J connectivity index is 1.91. The molecule has 0 radical (unpaired) electrons. The van der Waals surface area contributed by atoms with E-state index in [9.17, 15) is 18.0 Å². The highest BCUT2D eigenvalue weighted by molar-refractivity contribution is 7.92. The fraction of sp³-hybridized carbons (Fsp3) is 0.300. The van der Waals surface area contributed by atoms with Crippen molar-refractivity contribution in [2.75, 3.05) is 22.0 Å². The molecule has 0 saturated heterocycles. The number of hydrogen-bond acceptors (Lipinski definition) is 4. The molecule has 1 aliphatic heterocycles. The van der Waals surface area contributed by atoms with Crippen LogP contribution in [0.15, 0.2) is 35.2 Å². The zero-order valence-electron chi connectivity index (χ0n) is 16.3. The molecule has 7 nitrogen and oxygen atoms in total. The molecule has 2 amide bonds. The van der Waals surface area contributed by atoms with Crippen molar-refractivity contribution in [3.05, 3.63) is 47.0 Å². The molecule has 0 spiro atoms. The quantitative estimate of drug-likeness (QED) is 0.823. The molecule has 3 rings (SSSR count). The predicted octanol–water partition coefficient (Wildman–Crippen LogP) is 2.97. The van der Waals surface area contributed by atoms with E-state index in [1.165, 1.54) is 19.1 Å². The van der Waals surface area contributed by atoms with E-state index in [1.807, 2.05) is 0 Å². The maximum absolute atomic E-state index is 12.9. The Morgan fingerprint density at radius 1 is 1.07 bits per heavy atom. The van der Waals surface area contributed by atoms with Crippen molar-refractivity contribution in [3.8, 4) is 0 Å². The number of nitrogens with zero attached hydrogens (tertiary/aromatic N) is 1. The first-order chi connectivity index (χ1) is 13.1. The second-order valence-corrected chi connectivity index (χ2v) is 8.70. The van der Waals surface area contributed by atoms with E-state index in [1.54, 1.807) is 44.0 Å². The molecule has 0 aliphatic carbocycles. The molecular weight excluding hydrogens is 378 g/mol. The van der Waals surface area contributed by atoms with Crippen LogP contribution in [0.1, 0.15) is 30.0 Å². The van der Waals surface area contributed by atoms with Gasteiger partial charge in [-0.1, -0.05) is 0 Å². The van der Waals surface area contributed by atoms with Crippen LogP contribution in [0.2, 0.25) is 0 Å². The number of aryl methyl sites for hydroxylation is 3. The summed E-state index contributed by atoms with van der Waals surface area (Å²) >= 11 is 0. The minimum atomic E-state index is -3.80. The van der Waals surface area contributed by atoms with Gasteiger partial charge in [0.2, 0.25) is 11.8 Å². The zero-order valence-corrected chi connectivity index (χ0v) is 17.1. The van der Waals surface area contributed by atoms with Gasteiger partial charge in [-0.05, 0) is 67.3 Å². The van der Waals surface area contributed by atoms with Gasteiger partial charge in [-0.2, -0.15) is 0 Å². The first-order valence-electron chi connectivity index (χ1n) is 8.89. The normalized spacial score (nSPS) is 13.9. The molecule has 2 aromatic rings. The average Bonchev–Trinajstić information content (AvgIpc) is 2.60. The topological polar surface area (TPSA) is 95.6 Å². The van der Waals surface area contributed by atoms with Crippen LogP contribution in [0, 0.1) is 13.8 Å². The van der Waals surface area contributed by atoms with Crippen molar-refractivity contribution in [1.29, 1.82) is 0 Å². The number of rotatable bonds is 4. The van der Waals surface area contributed by atoms with E-state index < -0.39 is 10.0 Å². The second-order valence-electron chi connectivity index (χ2n) is 7.02. The van der Waals surface area contributed by atoms with Crippen LogP contribution in [0.4, 0.5) is 17.1 Å². The highest BCUT2D eigenvalue weighted by Gasteiger charge is 2.22. The molecule has 0 atom stereocenters. The van der Waals surface area contributed by atoms with Gasteiger partial charge in [0.15, 0.2) is 0 Å². The van der Waals surface area contributed by atoms with Gasteiger partial charge in [0.25, 0.3) is 10.0 Å². The molecule has 1 aliphatic rings. The molecule has 2 aromatic carbocycles. The number of carbonyl (C=O) groups is 2. The summed E-state index contributed by atoms with van der Waals surface area (Å²) in [5.74, 6) is -0.163. The van der Waals surface area contributed by atoms with Gasteiger partial charge in [0.1, 0.15) is 0 Å². The predicted molar refractivity (Wildman–Crippen MR) is 109 cm³/mol. The van der Waals surface area contributed by atoms with Crippen LogP contribution in [0.25, 0.3) is 0 Å². The van der Waals surface area contributed by atoms with Crippen LogP contribution < -0.4 is 14.9 Å². The lowest BCUT2D eigenvalue weighted by Crippen LogP contribution is -2.31. The number of nitrogens with one attached hydrogen (secondary N) is 2. The molecule has 1 heterocycles. The zero-order chi connectivity index (χ0) is 20.6. The Hall–Kier alpha value is -2.87. The molecule has 0 aromatic heterocycles. The fourth-order valence-corrected chi connectivity index (χ4v) is 4.61. The van der Waals surface area contributed by atoms with Crippen molar-refractivity contribution in [2.45, 2.75) is 38.5 Å². The van der Waals surface area contributed by atoms with Crippen LogP contribution in [-0.2, 0) is 26.0 Å². The molecule has 148 valence electrons. The highest BCUT2D eigenvalue weighted by atomic mass is 32.2. The summed E-state index contributed by atoms with van der Waals surface area (Å²) in [5.41, 5.74) is 4.12. The highest BCUT2D eigenvalue weighted by Crippen LogP contribution is 2.31. The molecule has 0 bridgehead atoms. The fourth-order valence-electron chi connectivity index (χ4n) is 3.39. The van der Waals surface area contributed by atoms with Crippen molar-refractivity contribution >= 4 is 38.9 Å². The summed E-state index contributed by atoms with van der Waals surface area (Å²) in [5, 5.41) is 2.73. The van der Waals surface area contributed by atoms with E-state index in [0.29, 0.717) is 35.3 Å². The third-order valence-corrected chi connectivity index (χ3v) is 6.15. The lowest BCUT2D eigenvalue weighted by molar-refractivity contribution is -0.118. The Bertz CT molecular complexity index is 1050. The van der Waals surface area contributed by atoms with Gasteiger partial charge in [-0.25, -0.2) is 8.42 Å². The van der Waals surface area contributed by atoms with Gasteiger partial charge < -0.3 is 10.2 Å².